The molecule has 3 aromatic heterocycles. The zero-order valence-corrected chi connectivity index (χ0v) is 14.7. The zero-order chi connectivity index (χ0) is 18.1. The van der Waals surface area contributed by atoms with Crippen LogP contribution in [0.25, 0.3) is 27.8 Å². The van der Waals surface area contributed by atoms with Crippen molar-refractivity contribution in [2.24, 2.45) is 0 Å². The third-order valence-corrected chi connectivity index (χ3v) is 4.72. The lowest BCUT2D eigenvalue weighted by molar-refractivity contribution is 0.122. The monoisotopic (exact) mass is 358 g/mol. The number of hydrogen-bond donors (Lipinski definition) is 0. The topological polar surface area (TPSA) is 69.0 Å². The van der Waals surface area contributed by atoms with Crippen molar-refractivity contribution in [2.45, 2.75) is 0 Å². The highest BCUT2D eigenvalue weighted by Crippen LogP contribution is 2.28. The van der Waals surface area contributed by atoms with Gasteiger partial charge in [0, 0.05) is 41.8 Å². The number of pyridine rings is 1. The van der Waals surface area contributed by atoms with E-state index in [1.165, 1.54) is 0 Å². The van der Waals surface area contributed by atoms with Gasteiger partial charge in [-0.25, -0.2) is 4.68 Å². The lowest BCUT2D eigenvalue weighted by Crippen LogP contribution is -2.37. The average molecular weight is 358 g/mol. The van der Waals surface area contributed by atoms with Crippen LogP contribution < -0.4 is 4.90 Å². The molecule has 0 saturated carbocycles. The van der Waals surface area contributed by atoms with Crippen LogP contribution in [0.3, 0.4) is 0 Å². The number of morpholine rings is 1. The first-order chi connectivity index (χ1) is 13.4. The first-order valence-electron chi connectivity index (χ1n) is 8.95. The quantitative estimate of drug-likeness (QED) is 0.561. The number of aromatic nitrogens is 5. The predicted octanol–water partition coefficient (Wildman–Crippen LogP) is 2.71. The van der Waals surface area contributed by atoms with Crippen LogP contribution in [0.1, 0.15) is 0 Å². The van der Waals surface area contributed by atoms with Gasteiger partial charge in [-0.2, -0.15) is 5.10 Å². The van der Waals surface area contributed by atoms with Gasteiger partial charge in [0.25, 0.3) is 0 Å². The standard InChI is InChI=1S/C20H18N6O/c1-2-6-17-16(5-1)19(25-9-11-27-12-10-25)23-24-20(17)26-14-15(13-22-26)18-7-3-4-8-21-18/h1-8,13-14H,9-12H2. The van der Waals surface area contributed by atoms with E-state index >= 15 is 0 Å². The second-order valence-corrected chi connectivity index (χ2v) is 6.38. The van der Waals surface area contributed by atoms with E-state index in [0.717, 1.165) is 40.9 Å². The fourth-order valence-electron chi connectivity index (χ4n) is 3.36. The van der Waals surface area contributed by atoms with Crippen LogP contribution in [0.2, 0.25) is 0 Å². The summed E-state index contributed by atoms with van der Waals surface area (Å²) in [5, 5.41) is 15.6. The molecular formula is C20H18N6O. The number of nitrogens with zero attached hydrogens (tertiary/aromatic N) is 6. The molecule has 4 heterocycles. The number of ether oxygens (including phenoxy) is 1. The molecule has 1 aliphatic rings. The zero-order valence-electron chi connectivity index (χ0n) is 14.7. The molecule has 0 radical (unpaired) electrons. The number of benzene rings is 1. The molecule has 7 nitrogen and oxygen atoms in total. The highest BCUT2D eigenvalue weighted by atomic mass is 16.5. The van der Waals surface area contributed by atoms with Crippen LogP contribution in [0, 0.1) is 0 Å². The van der Waals surface area contributed by atoms with Gasteiger partial charge in [-0.1, -0.05) is 30.3 Å². The Bertz CT molecular complexity index is 1070. The maximum atomic E-state index is 5.46. The molecule has 0 atom stereocenters. The third kappa shape index (κ3) is 2.92. The molecule has 134 valence electrons. The lowest BCUT2D eigenvalue weighted by Gasteiger charge is -2.28. The SMILES string of the molecule is c1ccc(-c2cnn(-c3nnc(N4CCOCC4)c4ccccc34)c2)nc1. The molecule has 0 aliphatic carbocycles. The van der Waals surface area contributed by atoms with E-state index in [4.69, 9.17) is 4.74 Å². The normalized spacial score (nSPS) is 14.6. The van der Waals surface area contributed by atoms with Gasteiger partial charge >= 0.3 is 0 Å². The lowest BCUT2D eigenvalue weighted by atomic mass is 10.1. The van der Waals surface area contributed by atoms with E-state index in [9.17, 15) is 0 Å². The van der Waals surface area contributed by atoms with Crippen molar-refractivity contribution in [3.63, 3.8) is 0 Å². The van der Waals surface area contributed by atoms with E-state index in [1.807, 2.05) is 36.5 Å². The van der Waals surface area contributed by atoms with Crippen LogP contribution in [-0.4, -0.2) is 51.3 Å². The van der Waals surface area contributed by atoms with Gasteiger partial charge < -0.3 is 9.64 Å². The molecule has 1 aromatic carbocycles. The Morgan fingerprint density at radius 2 is 1.59 bits per heavy atom. The fourth-order valence-corrected chi connectivity index (χ4v) is 3.36. The van der Waals surface area contributed by atoms with Gasteiger partial charge in [-0.05, 0) is 12.1 Å². The van der Waals surface area contributed by atoms with Gasteiger partial charge in [0.05, 0.1) is 25.1 Å². The Morgan fingerprint density at radius 1 is 0.852 bits per heavy atom. The van der Waals surface area contributed by atoms with Gasteiger partial charge in [0.2, 0.25) is 0 Å². The molecule has 5 rings (SSSR count). The molecule has 27 heavy (non-hydrogen) atoms. The molecular weight excluding hydrogens is 340 g/mol. The van der Waals surface area contributed by atoms with E-state index in [2.05, 4.69) is 37.3 Å². The summed E-state index contributed by atoms with van der Waals surface area (Å²) in [7, 11) is 0. The second kappa shape index (κ2) is 6.77. The Balaban J connectivity index is 1.60. The summed E-state index contributed by atoms with van der Waals surface area (Å²) in [4.78, 5) is 6.61. The molecule has 1 saturated heterocycles. The molecule has 1 fully saturated rings. The number of rotatable bonds is 3. The van der Waals surface area contributed by atoms with E-state index in [1.54, 1.807) is 17.1 Å². The number of hydrogen-bond acceptors (Lipinski definition) is 6. The Hall–Kier alpha value is -3.32. The minimum Gasteiger partial charge on any atom is -0.378 e. The summed E-state index contributed by atoms with van der Waals surface area (Å²) in [6.45, 7) is 3.07. The van der Waals surface area contributed by atoms with Crippen molar-refractivity contribution in [1.29, 1.82) is 0 Å². The fraction of sp³-hybridized carbons (Fsp3) is 0.200. The van der Waals surface area contributed by atoms with Crippen LogP contribution in [0.4, 0.5) is 5.82 Å². The number of fused-ring (bicyclic) bond motifs is 1. The van der Waals surface area contributed by atoms with Crippen LogP contribution in [-0.2, 0) is 4.74 Å². The van der Waals surface area contributed by atoms with Crippen LogP contribution in [0.5, 0.6) is 0 Å². The summed E-state index contributed by atoms with van der Waals surface area (Å²) in [5.41, 5.74) is 1.82. The Labute approximate surface area is 156 Å². The summed E-state index contributed by atoms with van der Waals surface area (Å²) < 4.78 is 7.23. The molecule has 0 spiro atoms. The second-order valence-electron chi connectivity index (χ2n) is 6.38. The van der Waals surface area contributed by atoms with Crippen LogP contribution in [0.15, 0.2) is 61.1 Å². The average Bonchev–Trinajstić information content (AvgIpc) is 3.24. The minimum atomic E-state index is 0.713. The van der Waals surface area contributed by atoms with E-state index in [0.29, 0.717) is 19.0 Å². The van der Waals surface area contributed by atoms with Crippen molar-refractivity contribution < 1.29 is 4.74 Å². The third-order valence-electron chi connectivity index (χ3n) is 4.72. The summed E-state index contributed by atoms with van der Waals surface area (Å²) in [5.74, 6) is 1.61. The molecule has 4 aromatic rings. The van der Waals surface area contributed by atoms with Crippen molar-refractivity contribution in [2.75, 3.05) is 31.2 Å². The van der Waals surface area contributed by atoms with Crippen molar-refractivity contribution in [1.82, 2.24) is 25.0 Å². The molecule has 0 bridgehead atoms. The summed E-state index contributed by atoms with van der Waals surface area (Å²) in [6, 6.07) is 14.0. The van der Waals surface area contributed by atoms with Gasteiger partial charge in [0.1, 0.15) is 0 Å². The molecule has 0 unspecified atom stereocenters. The summed E-state index contributed by atoms with van der Waals surface area (Å²) in [6.07, 6.45) is 5.51. The van der Waals surface area contributed by atoms with Gasteiger partial charge in [0.15, 0.2) is 11.6 Å². The van der Waals surface area contributed by atoms with Crippen molar-refractivity contribution in [3.8, 4) is 17.1 Å². The van der Waals surface area contributed by atoms with Gasteiger partial charge in [-0.3, -0.25) is 4.98 Å². The minimum absolute atomic E-state index is 0.713. The van der Waals surface area contributed by atoms with E-state index in [-0.39, 0.29) is 0 Å². The molecule has 1 aliphatic heterocycles. The van der Waals surface area contributed by atoms with E-state index < -0.39 is 0 Å². The summed E-state index contributed by atoms with van der Waals surface area (Å²) >= 11 is 0. The molecule has 7 heteroatoms. The van der Waals surface area contributed by atoms with Gasteiger partial charge in [-0.15, -0.1) is 10.2 Å². The first kappa shape index (κ1) is 15.9. The van der Waals surface area contributed by atoms with Crippen LogP contribution >= 0.6 is 0 Å². The highest BCUT2D eigenvalue weighted by Gasteiger charge is 2.18. The maximum Gasteiger partial charge on any atom is 0.183 e. The Morgan fingerprint density at radius 3 is 2.37 bits per heavy atom. The number of anilines is 1. The smallest absolute Gasteiger partial charge is 0.183 e. The largest absolute Gasteiger partial charge is 0.378 e. The van der Waals surface area contributed by atoms with Crippen molar-refractivity contribution >= 4 is 16.6 Å². The highest BCUT2D eigenvalue weighted by molar-refractivity contribution is 5.96. The molecule has 0 N–H and O–H groups in total. The Kier molecular flexibility index (Phi) is 3.99. The molecule has 0 amide bonds. The predicted molar refractivity (Wildman–Crippen MR) is 103 cm³/mol. The first-order valence-corrected chi connectivity index (χ1v) is 8.95. The van der Waals surface area contributed by atoms with Crippen molar-refractivity contribution in [3.05, 3.63) is 61.1 Å². The maximum absolute atomic E-state index is 5.46.